The highest BCUT2D eigenvalue weighted by atomic mass is 16.5. The Bertz CT molecular complexity index is 843. The van der Waals surface area contributed by atoms with E-state index < -0.39 is 5.60 Å². The van der Waals surface area contributed by atoms with Crippen LogP contribution < -0.4 is 0 Å². The molecule has 0 aliphatic carbocycles. The Balaban J connectivity index is 1.47. The average Bonchev–Trinajstić information content (AvgIpc) is 2.71. The van der Waals surface area contributed by atoms with Gasteiger partial charge < -0.3 is 14.5 Å². The number of carbonyl (C=O) groups excluding carboxylic acids is 2. The smallest absolute Gasteiger partial charge is 0.249 e. The molecule has 28 heavy (non-hydrogen) atoms. The van der Waals surface area contributed by atoms with Crippen LogP contribution in [0.2, 0.25) is 0 Å². The van der Waals surface area contributed by atoms with Crippen LogP contribution in [0.25, 0.3) is 0 Å². The van der Waals surface area contributed by atoms with E-state index in [1.165, 1.54) is 0 Å². The average molecular weight is 379 g/mol. The molecule has 6 nitrogen and oxygen atoms in total. The van der Waals surface area contributed by atoms with E-state index in [1.54, 1.807) is 12.4 Å². The number of carbonyl (C=O) groups is 2. The lowest BCUT2D eigenvalue weighted by Crippen LogP contribution is -2.68. The van der Waals surface area contributed by atoms with E-state index in [0.717, 1.165) is 11.1 Å². The SMILES string of the molecule is C[C@@]12CN(C(=O)Cc3cccnc3)CC[C@H]1N(Cc1ccccc1)C(=O)CO2. The highest BCUT2D eigenvalue weighted by molar-refractivity contribution is 5.80. The summed E-state index contributed by atoms with van der Waals surface area (Å²) in [6.07, 6.45) is 4.48. The summed E-state index contributed by atoms with van der Waals surface area (Å²) in [6.45, 7) is 3.78. The predicted octanol–water partition coefficient (Wildman–Crippen LogP) is 2.04. The molecule has 0 spiro atoms. The number of fused-ring (bicyclic) bond motifs is 1. The second kappa shape index (κ2) is 7.72. The molecule has 1 aromatic heterocycles. The van der Waals surface area contributed by atoms with Gasteiger partial charge in [0.15, 0.2) is 0 Å². The minimum absolute atomic E-state index is 0.0152. The van der Waals surface area contributed by atoms with Crippen LogP contribution in [0, 0.1) is 0 Å². The second-order valence-electron chi connectivity index (χ2n) is 7.77. The monoisotopic (exact) mass is 379 g/mol. The third-order valence-electron chi connectivity index (χ3n) is 5.73. The van der Waals surface area contributed by atoms with Crippen LogP contribution >= 0.6 is 0 Å². The van der Waals surface area contributed by atoms with E-state index in [0.29, 0.717) is 32.5 Å². The summed E-state index contributed by atoms with van der Waals surface area (Å²) in [4.78, 5) is 33.2. The summed E-state index contributed by atoms with van der Waals surface area (Å²) < 4.78 is 5.98. The highest BCUT2D eigenvalue weighted by Crippen LogP contribution is 2.34. The molecule has 0 radical (unpaired) electrons. The van der Waals surface area contributed by atoms with Crippen LogP contribution in [-0.4, -0.2) is 57.9 Å². The lowest BCUT2D eigenvalue weighted by atomic mass is 9.85. The summed E-state index contributed by atoms with van der Waals surface area (Å²) in [5.74, 6) is 0.0873. The van der Waals surface area contributed by atoms with Gasteiger partial charge in [-0.05, 0) is 30.5 Å². The van der Waals surface area contributed by atoms with Gasteiger partial charge in [0.25, 0.3) is 0 Å². The number of nitrogens with zero attached hydrogens (tertiary/aromatic N) is 3. The normalized spacial score (nSPS) is 24.8. The molecule has 2 saturated heterocycles. The van der Waals surface area contributed by atoms with Crippen LogP contribution in [0.5, 0.6) is 0 Å². The Kier molecular flexibility index (Phi) is 5.13. The van der Waals surface area contributed by atoms with Crippen molar-refractivity contribution in [2.24, 2.45) is 0 Å². The van der Waals surface area contributed by atoms with E-state index in [4.69, 9.17) is 4.74 Å². The third-order valence-corrected chi connectivity index (χ3v) is 5.73. The Morgan fingerprint density at radius 1 is 1.21 bits per heavy atom. The first-order chi connectivity index (χ1) is 13.5. The number of benzene rings is 1. The molecule has 2 aliphatic rings. The number of pyridine rings is 1. The number of ether oxygens (including phenoxy) is 1. The summed E-state index contributed by atoms with van der Waals surface area (Å²) in [6, 6.07) is 13.7. The molecule has 1 aromatic carbocycles. The molecule has 0 saturated carbocycles. The van der Waals surface area contributed by atoms with Crippen molar-refractivity contribution in [3.05, 3.63) is 66.0 Å². The number of aromatic nitrogens is 1. The number of morpholine rings is 1. The summed E-state index contributed by atoms with van der Waals surface area (Å²) in [5.41, 5.74) is 1.46. The number of likely N-dealkylation sites (tertiary alicyclic amines) is 1. The lowest BCUT2D eigenvalue weighted by molar-refractivity contribution is -0.190. The van der Waals surface area contributed by atoms with Crippen molar-refractivity contribution in [1.82, 2.24) is 14.8 Å². The van der Waals surface area contributed by atoms with Crippen LogP contribution in [-0.2, 0) is 27.3 Å². The zero-order valence-corrected chi connectivity index (χ0v) is 16.1. The number of rotatable bonds is 4. The molecule has 146 valence electrons. The number of piperidine rings is 1. The summed E-state index contributed by atoms with van der Waals surface area (Å²) in [7, 11) is 0. The van der Waals surface area contributed by atoms with Crippen LogP contribution in [0.4, 0.5) is 0 Å². The van der Waals surface area contributed by atoms with Crippen molar-refractivity contribution in [2.75, 3.05) is 19.7 Å². The predicted molar refractivity (Wildman–Crippen MR) is 104 cm³/mol. The minimum atomic E-state index is -0.550. The third kappa shape index (κ3) is 3.78. The van der Waals surface area contributed by atoms with Gasteiger partial charge in [0.2, 0.25) is 11.8 Å². The molecule has 6 heteroatoms. The standard InChI is InChI=1S/C22H25N3O3/c1-22-16-24(20(26)12-18-8-5-10-23-13-18)11-9-19(22)25(21(27)15-28-22)14-17-6-3-2-4-7-17/h2-8,10,13,19H,9,11-12,14-16H2,1H3/t19-,22-/m1/s1. The Morgan fingerprint density at radius 3 is 2.75 bits per heavy atom. The molecule has 2 amide bonds. The molecule has 0 bridgehead atoms. The molecule has 0 N–H and O–H groups in total. The fourth-order valence-corrected chi connectivity index (χ4v) is 4.24. The Hall–Kier alpha value is -2.73. The van der Waals surface area contributed by atoms with Crippen LogP contribution in [0.3, 0.4) is 0 Å². The van der Waals surface area contributed by atoms with Gasteiger partial charge in [-0.15, -0.1) is 0 Å². The van der Waals surface area contributed by atoms with E-state index in [9.17, 15) is 9.59 Å². The van der Waals surface area contributed by atoms with Crippen LogP contribution in [0.15, 0.2) is 54.9 Å². The topological polar surface area (TPSA) is 62.7 Å². The van der Waals surface area contributed by atoms with E-state index in [1.807, 2.05) is 59.2 Å². The van der Waals surface area contributed by atoms with Crippen molar-refractivity contribution in [1.29, 1.82) is 0 Å². The van der Waals surface area contributed by atoms with Gasteiger partial charge in [0, 0.05) is 25.5 Å². The molecule has 2 atom stereocenters. The minimum Gasteiger partial charge on any atom is -0.361 e. The molecule has 0 unspecified atom stereocenters. The molecule has 2 aliphatic heterocycles. The second-order valence-corrected chi connectivity index (χ2v) is 7.77. The number of amides is 2. The van der Waals surface area contributed by atoms with Gasteiger partial charge in [0.05, 0.1) is 19.0 Å². The van der Waals surface area contributed by atoms with Gasteiger partial charge in [-0.2, -0.15) is 0 Å². The first-order valence-electron chi connectivity index (χ1n) is 9.69. The molecular weight excluding hydrogens is 354 g/mol. The molecule has 2 aromatic rings. The largest absolute Gasteiger partial charge is 0.361 e. The fraction of sp³-hybridized carbons (Fsp3) is 0.409. The molecule has 3 heterocycles. The highest BCUT2D eigenvalue weighted by Gasteiger charge is 2.49. The zero-order valence-electron chi connectivity index (χ0n) is 16.1. The summed E-state index contributed by atoms with van der Waals surface area (Å²) >= 11 is 0. The zero-order chi connectivity index (χ0) is 19.6. The Labute approximate surface area is 165 Å². The van der Waals surface area contributed by atoms with Gasteiger partial charge in [0.1, 0.15) is 12.2 Å². The number of hydrogen-bond acceptors (Lipinski definition) is 4. The van der Waals surface area contributed by atoms with Crippen LogP contribution in [0.1, 0.15) is 24.5 Å². The molecular formula is C22H25N3O3. The maximum Gasteiger partial charge on any atom is 0.249 e. The van der Waals surface area contributed by atoms with E-state index in [-0.39, 0.29) is 24.5 Å². The fourth-order valence-electron chi connectivity index (χ4n) is 4.24. The molecule has 4 rings (SSSR count). The van der Waals surface area contributed by atoms with Crippen molar-refractivity contribution >= 4 is 11.8 Å². The van der Waals surface area contributed by atoms with Crippen molar-refractivity contribution in [2.45, 2.75) is 38.0 Å². The maximum atomic E-state index is 12.8. The lowest BCUT2D eigenvalue weighted by Gasteiger charge is -2.53. The summed E-state index contributed by atoms with van der Waals surface area (Å²) in [5, 5.41) is 0. The van der Waals surface area contributed by atoms with Crippen molar-refractivity contribution in [3.8, 4) is 0 Å². The van der Waals surface area contributed by atoms with Gasteiger partial charge in [-0.1, -0.05) is 36.4 Å². The molecule has 2 fully saturated rings. The Morgan fingerprint density at radius 2 is 2.00 bits per heavy atom. The van der Waals surface area contributed by atoms with Crippen molar-refractivity contribution < 1.29 is 14.3 Å². The quantitative estimate of drug-likeness (QED) is 0.816. The first kappa shape index (κ1) is 18.6. The van der Waals surface area contributed by atoms with Gasteiger partial charge in [-0.3, -0.25) is 14.6 Å². The van der Waals surface area contributed by atoms with E-state index in [2.05, 4.69) is 4.98 Å². The maximum absolute atomic E-state index is 12.8. The van der Waals surface area contributed by atoms with Gasteiger partial charge in [-0.25, -0.2) is 0 Å². The number of hydrogen-bond donors (Lipinski definition) is 0. The first-order valence-corrected chi connectivity index (χ1v) is 9.69. The van der Waals surface area contributed by atoms with Gasteiger partial charge >= 0.3 is 0 Å². The van der Waals surface area contributed by atoms with E-state index >= 15 is 0 Å². The van der Waals surface area contributed by atoms with Crippen molar-refractivity contribution in [3.63, 3.8) is 0 Å².